The number of aryl methyl sites for hydroxylation is 1. The number of halogens is 1. The Morgan fingerprint density at radius 1 is 1.42 bits per heavy atom. The highest BCUT2D eigenvalue weighted by Crippen LogP contribution is 2.14. The summed E-state index contributed by atoms with van der Waals surface area (Å²) >= 11 is 0. The molecular weight excluding hydrogens is 245 g/mol. The van der Waals surface area contributed by atoms with Gasteiger partial charge in [0.2, 0.25) is 0 Å². The van der Waals surface area contributed by atoms with E-state index in [2.05, 4.69) is 0 Å². The average Bonchev–Trinajstić information content (AvgIpc) is 2.36. The lowest BCUT2D eigenvalue weighted by Crippen LogP contribution is -2.37. The minimum atomic E-state index is -0.471. The Hall–Kier alpha value is -1.42. The van der Waals surface area contributed by atoms with Crippen LogP contribution in [-0.2, 0) is 4.74 Å². The largest absolute Gasteiger partial charge is 0.383 e. The minimum Gasteiger partial charge on any atom is -0.383 e. The maximum atomic E-state index is 13.8. The summed E-state index contributed by atoms with van der Waals surface area (Å²) in [7, 11) is 1.59. The van der Waals surface area contributed by atoms with Crippen molar-refractivity contribution in [3.05, 3.63) is 35.1 Å². The number of hydrogen-bond acceptors (Lipinski definition) is 2. The molecule has 0 aliphatic rings. The molecule has 0 saturated carbocycles. The number of amides is 1. The molecule has 3 nitrogen and oxygen atoms in total. The van der Waals surface area contributed by atoms with Crippen LogP contribution in [0.2, 0.25) is 0 Å². The minimum absolute atomic E-state index is 0.136. The molecule has 0 aromatic heterocycles. The van der Waals surface area contributed by atoms with Crippen molar-refractivity contribution in [2.75, 3.05) is 26.8 Å². The Balaban J connectivity index is 2.93. The average molecular weight is 267 g/mol. The Labute approximate surface area is 114 Å². The van der Waals surface area contributed by atoms with Crippen molar-refractivity contribution in [2.24, 2.45) is 5.92 Å². The third-order valence-electron chi connectivity index (χ3n) is 2.79. The van der Waals surface area contributed by atoms with E-state index in [0.717, 1.165) is 5.56 Å². The first kappa shape index (κ1) is 15.6. The van der Waals surface area contributed by atoms with Crippen LogP contribution in [-0.4, -0.2) is 37.6 Å². The summed E-state index contributed by atoms with van der Waals surface area (Å²) in [6.07, 6.45) is 0. The lowest BCUT2D eigenvalue weighted by molar-refractivity contribution is 0.0667. The molecule has 0 bridgehead atoms. The van der Waals surface area contributed by atoms with Crippen LogP contribution < -0.4 is 0 Å². The molecule has 0 saturated heterocycles. The van der Waals surface area contributed by atoms with Crippen LogP contribution in [0.15, 0.2) is 18.2 Å². The summed E-state index contributed by atoms with van der Waals surface area (Å²) in [5.74, 6) is -0.414. The highest BCUT2D eigenvalue weighted by Gasteiger charge is 2.20. The van der Waals surface area contributed by atoms with Gasteiger partial charge in [0.05, 0.1) is 12.2 Å². The molecule has 0 atom stereocenters. The predicted octanol–water partition coefficient (Wildman–Crippen LogP) is 2.88. The molecule has 0 N–H and O–H groups in total. The number of ether oxygens (including phenoxy) is 1. The summed E-state index contributed by atoms with van der Waals surface area (Å²) < 4.78 is 18.8. The second-order valence-corrected chi connectivity index (χ2v) is 5.12. The number of rotatable bonds is 6. The quantitative estimate of drug-likeness (QED) is 0.793. The molecule has 0 unspecified atom stereocenters. The van der Waals surface area contributed by atoms with Gasteiger partial charge >= 0.3 is 0 Å². The summed E-state index contributed by atoms with van der Waals surface area (Å²) in [5.41, 5.74) is 1.01. The predicted molar refractivity (Wildman–Crippen MR) is 73.8 cm³/mol. The van der Waals surface area contributed by atoms with E-state index in [4.69, 9.17) is 4.74 Å². The first-order valence-corrected chi connectivity index (χ1v) is 6.50. The van der Waals surface area contributed by atoms with Crippen LogP contribution in [0, 0.1) is 18.7 Å². The molecule has 0 aliphatic carbocycles. The zero-order valence-corrected chi connectivity index (χ0v) is 12.1. The molecule has 106 valence electrons. The molecule has 1 aromatic rings. The van der Waals surface area contributed by atoms with Gasteiger partial charge in [-0.25, -0.2) is 4.39 Å². The van der Waals surface area contributed by atoms with Gasteiger partial charge in [0.25, 0.3) is 5.91 Å². The highest BCUT2D eigenvalue weighted by atomic mass is 19.1. The number of methoxy groups -OCH3 is 1. The SMILES string of the molecule is COCCN(CC(C)C)C(=O)c1cc(C)ccc1F. The van der Waals surface area contributed by atoms with Gasteiger partial charge in [-0.2, -0.15) is 0 Å². The van der Waals surface area contributed by atoms with Crippen LogP contribution in [0.4, 0.5) is 4.39 Å². The van der Waals surface area contributed by atoms with Gasteiger partial charge in [-0.15, -0.1) is 0 Å². The van der Waals surface area contributed by atoms with E-state index in [1.54, 1.807) is 24.1 Å². The van der Waals surface area contributed by atoms with E-state index in [1.165, 1.54) is 6.07 Å². The Bertz CT molecular complexity index is 432. The molecule has 1 rings (SSSR count). The van der Waals surface area contributed by atoms with E-state index in [9.17, 15) is 9.18 Å². The van der Waals surface area contributed by atoms with Crippen LogP contribution in [0.1, 0.15) is 29.8 Å². The standard InChI is InChI=1S/C15H22FNO2/c1-11(2)10-17(7-8-19-4)15(18)13-9-12(3)5-6-14(13)16/h5-6,9,11H,7-8,10H2,1-4H3. The van der Waals surface area contributed by atoms with Crippen molar-refractivity contribution in [3.8, 4) is 0 Å². The van der Waals surface area contributed by atoms with Crippen molar-refractivity contribution in [1.82, 2.24) is 4.90 Å². The van der Waals surface area contributed by atoms with Gasteiger partial charge in [0.15, 0.2) is 0 Å². The zero-order valence-electron chi connectivity index (χ0n) is 12.1. The third kappa shape index (κ3) is 4.63. The normalized spacial score (nSPS) is 10.8. The van der Waals surface area contributed by atoms with Crippen molar-refractivity contribution >= 4 is 5.91 Å². The third-order valence-corrected chi connectivity index (χ3v) is 2.79. The van der Waals surface area contributed by atoms with Crippen LogP contribution >= 0.6 is 0 Å². The molecule has 4 heteroatoms. The molecule has 0 radical (unpaired) electrons. The van der Waals surface area contributed by atoms with Crippen LogP contribution in [0.5, 0.6) is 0 Å². The van der Waals surface area contributed by atoms with Crippen LogP contribution in [0.3, 0.4) is 0 Å². The fourth-order valence-corrected chi connectivity index (χ4v) is 1.89. The van der Waals surface area contributed by atoms with Crippen molar-refractivity contribution in [1.29, 1.82) is 0 Å². The summed E-state index contributed by atoms with van der Waals surface area (Å²) in [6.45, 7) is 7.42. The number of carbonyl (C=O) groups is 1. The fourth-order valence-electron chi connectivity index (χ4n) is 1.89. The van der Waals surface area contributed by atoms with Gasteiger partial charge in [0, 0.05) is 20.2 Å². The van der Waals surface area contributed by atoms with E-state index in [1.807, 2.05) is 20.8 Å². The second kappa shape index (κ2) is 7.24. The number of nitrogens with zero attached hydrogens (tertiary/aromatic N) is 1. The molecule has 0 aliphatic heterocycles. The van der Waals surface area contributed by atoms with Crippen LogP contribution in [0.25, 0.3) is 0 Å². The molecule has 0 heterocycles. The highest BCUT2D eigenvalue weighted by molar-refractivity contribution is 5.94. The molecule has 0 fully saturated rings. The zero-order chi connectivity index (χ0) is 14.4. The van der Waals surface area contributed by atoms with Gasteiger partial charge < -0.3 is 9.64 Å². The molecular formula is C15H22FNO2. The monoisotopic (exact) mass is 267 g/mol. The summed E-state index contributed by atoms with van der Waals surface area (Å²) in [6, 6.07) is 4.60. The smallest absolute Gasteiger partial charge is 0.256 e. The summed E-state index contributed by atoms with van der Waals surface area (Å²) in [5, 5.41) is 0. The van der Waals surface area contributed by atoms with Gasteiger partial charge in [-0.05, 0) is 25.0 Å². The van der Waals surface area contributed by atoms with Crippen molar-refractivity contribution < 1.29 is 13.9 Å². The van der Waals surface area contributed by atoms with Crippen molar-refractivity contribution in [3.63, 3.8) is 0 Å². The Morgan fingerprint density at radius 3 is 2.68 bits per heavy atom. The number of benzene rings is 1. The molecule has 1 amide bonds. The molecule has 0 spiro atoms. The lowest BCUT2D eigenvalue weighted by atomic mass is 10.1. The second-order valence-electron chi connectivity index (χ2n) is 5.12. The van der Waals surface area contributed by atoms with E-state index < -0.39 is 5.82 Å². The molecule has 19 heavy (non-hydrogen) atoms. The first-order valence-electron chi connectivity index (χ1n) is 6.50. The summed E-state index contributed by atoms with van der Waals surface area (Å²) in [4.78, 5) is 14.0. The lowest BCUT2D eigenvalue weighted by Gasteiger charge is -2.24. The maximum Gasteiger partial charge on any atom is 0.256 e. The topological polar surface area (TPSA) is 29.5 Å². The van der Waals surface area contributed by atoms with E-state index in [-0.39, 0.29) is 11.5 Å². The number of hydrogen-bond donors (Lipinski definition) is 0. The fraction of sp³-hybridized carbons (Fsp3) is 0.533. The van der Waals surface area contributed by atoms with Crippen molar-refractivity contribution in [2.45, 2.75) is 20.8 Å². The van der Waals surface area contributed by atoms with Gasteiger partial charge in [-0.3, -0.25) is 4.79 Å². The Morgan fingerprint density at radius 2 is 2.11 bits per heavy atom. The van der Waals surface area contributed by atoms with Gasteiger partial charge in [0.1, 0.15) is 5.82 Å². The van der Waals surface area contributed by atoms with E-state index >= 15 is 0 Å². The van der Waals surface area contributed by atoms with Gasteiger partial charge in [-0.1, -0.05) is 25.5 Å². The molecule has 1 aromatic carbocycles. The van der Waals surface area contributed by atoms with E-state index in [0.29, 0.717) is 25.6 Å². The number of carbonyl (C=O) groups excluding carboxylic acids is 1. The first-order chi connectivity index (χ1) is 8.95. The maximum absolute atomic E-state index is 13.8. The Kier molecular flexibility index (Phi) is 5.96.